The molecule has 1 aliphatic rings. The number of para-hydroxylation sites is 1. The molecule has 110 valence electrons. The Bertz CT molecular complexity index is 453. The SMILES string of the molecule is CC1COCCN1CCCOc1ccccc1C(N)=S. The smallest absolute Gasteiger partial charge is 0.129 e. The Hall–Kier alpha value is -1.17. The van der Waals surface area contributed by atoms with E-state index in [1.165, 1.54) is 0 Å². The lowest BCUT2D eigenvalue weighted by atomic mass is 10.2. The lowest BCUT2D eigenvalue weighted by Crippen LogP contribution is -2.44. The Balaban J connectivity index is 1.77. The van der Waals surface area contributed by atoms with E-state index in [1.807, 2.05) is 24.3 Å². The second-order valence-corrected chi connectivity index (χ2v) is 5.46. The second kappa shape index (κ2) is 7.57. The third-order valence-corrected chi connectivity index (χ3v) is 3.72. The first-order valence-corrected chi connectivity index (χ1v) is 7.42. The zero-order valence-electron chi connectivity index (χ0n) is 11.9. The van der Waals surface area contributed by atoms with E-state index in [-0.39, 0.29) is 0 Å². The fraction of sp³-hybridized carbons (Fsp3) is 0.533. The van der Waals surface area contributed by atoms with Crippen molar-refractivity contribution in [2.24, 2.45) is 5.73 Å². The van der Waals surface area contributed by atoms with Gasteiger partial charge in [-0.1, -0.05) is 24.4 Å². The highest BCUT2D eigenvalue weighted by Gasteiger charge is 2.17. The summed E-state index contributed by atoms with van der Waals surface area (Å²) < 4.78 is 11.2. The van der Waals surface area contributed by atoms with Gasteiger partial charge in [-0.3, -0.25) is 4.90 Å². The predicted molar refractivity (Wildman–Crippen MR) is 84.3 cm³/mol. The third kappa shape index (κ3) is 4.16. The molecule has 4 nitrogen and oxygen atoms in total. The summed E-state index contributed by atoms with van der Waals surface area (Å²) in [7, 11) is 0. The van der Waals surface area contributed by atoms with Crippen LogP contribution in [-0.2, 0) is 4.74 Å². The summed E-state index contributed by atoms with van der Waals surface area (Å²) in [5, 5.41) is 0. The zero-order valence-corrected chi connectivity index (χ0v) is 12.7. The molecule has 1 aromatic carbocycles. The zero-order chi connectivity index (χ0) is 14.4. The van der Waals surface area contributed by atoms with E-state index in [4.69, 9.17) is 27.4 Å². The summed E-state index contributed by atoms with van der Waals surface area (Å²) in [5.41, 5.74) is 6.49. The van der Waals surface area contributed by atoms with Crippen molar-refractivity contribution in [2.75, 3.05) is 32.9 Å². The van der Waals surface area contributed by atoms with Gasteiger partial charge in [-0.2, -0.15) is 0 Å². The van der Waals surface area contributed by atoms with Crippen molar-refractivity contribution in [2.45, 2.75) is 19.4 Å². The molecule has 20 heavy (non-hydrogen) atoms. The first-order valence-electron chi connectivity index (χ1n) is 7.02. The van der Waals surface area contributed by atoms with E-state index >= 15 is 0 Å². The molecule has 0 saturated carbocycles. The van der Waals surface area contributed by atoms with Gasteiger partial charge < -0.3 is 15.2 Å². The van der Waals surface area contributed by atoms with Crippen LogP contribution in [0.3, 0.4) is 0 Å². The average Bonchev–Trinajstić information content (AvgIpc) is 2.45. The number of nitrogens with zero attached hydrogens (tertiary/aromatic N) is 1. The standard InChI is InChI=1S/C15H22N2O2S/c1-12-11-18-10-8-17(12)7-4-9-19-14-6-3-2-5-13(14)15(16)20/h2-3,5-6,12H,4,7-11H2,1H3,(H2,16,20). The molecule has 0 aromatic heterocycles. The van der Waals surface area contributed by atoms with Crippen LogP contribution in [-0.4, -0.2) is 48.8 Å². The molecule has 0 amide bonds. The largest absolute Gasteiger partial charge is 0.493 e. The van der Waals surface area contributed by atoms with Crippen LogP contribution in [0.2, 0.25) is 0 Å². The summed E-state index contributed by atoms with van der Waals surface area (Å²) in [6.45, 7) is 6.55. The number of morpholine rings is 1. The first-order chi connectivity index (χ1) is 9.68. The number of hydrogen-bond acceptors (Lipinski definition) is 4. The highest BCUT2D eigenvalue weighted by atomic mass is 32.1. The molecular formula is C15H22N2O2S. The molecular weight excluding hydrogens is 272 g/mol. The molecule has 1 aromatic rings. The maximum Gasteiger partial charge on any atom is 0.129 e. The minimum atomic E-state index is 0.377. The second-order valence-electron chi connectivity index (χ2n) is 5.02. The minimum absolute atomic E-state index is 0.377. The van der Waals surface area contributed by atoms with Gasteiger partial charge in [0, 0.05) is 19.1 Å². The van der Waals surface area contributed by atoms with Crippen molar-refractivity contribution in [1.82, 2.24) is 4.90 Å². The fourth-order valence-electron chi connectivity index (χ4n) is 2.34. The molecule has 1 aliphatic heterocycles. The number of nitrogens with two attached hydrogens (primary N) is 1. The van der Waals surface area contributed by atoms with Crippen molar-refractivity contribution in [1.29, 1.82) is 0 Å². The van der Waals surface area contributed by atoms with Crippen LogP contribution in [0.4, 0.5) is 0 Å². The van der Waals surface area contributed by atoms with Gasteiger partial charge in [-0.15, -0.1) is 0 Å². The van der Waals surface area contributed by atoms with Gasteiger partial charge in [0.2, 0.25) is 0 Å². The lowest BCUT2D eigenvalue weighted by Gasteiger charge is -2.33. The lowest BCUT2D eigenvalue weighted by molar-refractivity contribution is -0.00201. The van der Waals surface area contributed by atoms with Gasteiger partial charge in [-0.25, -0.2) is 0 Å². The Labute approximate surface area is 125 Å². The Morgan fingerprint density at radius 3 is 3.05 bits per heavy atom. The molecule has 0 aliphatic carbocycles. The van der Waals surface area contributed by atoms with E-state index in [0.29, 0.717) is 17.6 Å². The summed E-state index contributed by atoms with van der Waals surface area (Å²) in [4.78, 5) is 2.81. The van der Waals surface area contributed by atoms with Crippen LogP contribution in [0.15, 0.2) is 24.3 Å². The van der Waals surface area contributed by atoms with Gasteiger partial charge in [0.25, 0.3) is 0 Å². The maximum absolute atomic E-state index is 5.80. The highest BCUT2D eigenvalue weighted by molar-refractivity contribution is 7.80. The summed E-state index contributed by atoms with van der Waals surface area (Å²) >= 11 is 5.02. The highest BCUT2D eigenvalue weighted by Crippen LogP contribution is 2.18. The average molecular weight is 294 g/mol. The molecule has 0 radical (unpaired) electrons. The molecule has 2 rings (SSSR count). The molecule has 1 unspecified atom stereocenters. The first kappa shape index (κ1) is 15.2. The fourth-order valence-corrected chi connectivity index (χ4v) is 2.51. The molecule has 1 heterocycles. The minimum Gasteiger partial charge on any atom is -0.493 e. The Morgan fingerprint density at radius 2 is 2.30 bits per heavy atom. The van der Waals surface area contributed by atoms with Crippen LogP contribution >= 0.6 is 12.2 Å². The van der Waals surface area contributed by atoms with Crippen molar-refractivity contribution < 1.29 is 9.47 Å². The van der Waals surface area contributed by atoms with E-state index in [1.54, 1.807) is 0 Å². The van der Waals surface area contributed by atoms with Gasteiger partial charge in [0.1, 0.15) is 10.7 Å². The predicted octanol–water partition coefficient (Wildman–Crippen LogP) is 1.81. The number of rotatable bonds is 6. The van der Waals surface area contributed by atoms with Crippen molar-refractivity contribution in [3.8, 4) is 5.75 Å². The van der Waals surface area contributed by atoms with E-state index in [0.717, 1.165) is 44.0 Å². The summed E-state index contributed by atoms with van der Waals surface area (Å²) in [6.07, 6.45) is 0.982. The van der Waals surface area contributed by atoms with Gasteiger partial charge in [0.05, 0.1) is 25.4 Å². The van der Waals surface area contributed by atoms with Gasteiger partial charge >= 0.3 is 0 Å². The molecule has 5 heteroatoms. The molecule has 0 spiro atoms. The molecule has 0 bridgehead atoms. The molecule has 1 saturated heterocycles. The van der Waals surface area contributed by atoms with Crippen LogP contribution in [0.1, 0.15) is 18.9 Å². The Kier molecular flexibility index (Phi) is 5.76. The van der Waals surface area contributed by atoms with Gasteiger partial charge in [0.15, 0.2) is 0 Å². The number of ether oxygens (including phenoxy) is 2. The van der Waals surface area contributed by atoms with Crippen LogP contribution in [0.25, 0.3) is 0 Å². The number of thiocarbonyl (C=S) groups is 1. The number of hydrogen-bond donors (Lipinski definition) is 1. The third-order valence-electron chi connectivity index (χ3n) is 3.50. The summed E-state index contributed by atoms with van der Waals surface area (Å²) in [6, 6.07) is 8.14. The molecule has 1 fully saturated rings. The van der Waals surface area contributed by atoms with Crippen LogP contribution < -0.4 is 10.5 Å². The Morgan fingerprint density at radius 1 is 1.50 bits per heavy atom. The van der Waals surface area contributed by atoms with Crippen LogP contribution in [0, 0.1) is 0 Å². The van der Waals surface area contributed by atoms with Crippen molar-refractivity contribution in [3.05, 3.63) is 29.8 Å². The molecule has 1 atom stereocenters. The topological polar surface area (TPSA) is 47.7 Å². The normalized spacial score (nSPS) is 19.8. The van der Waals surface area contributed by atoms with Crippen molar-refractivity contribution >= 4 is 17.2 Å². The van der Waals surface area contributed by atoms with Crippen LogP contribution in [0.5, 0.6) is 5.75 Å². The number of benzene rings is 1. The van der Waals surface area contributed by atoms with E-state index in [2.05, 4.69) is 11.8 Å². The quantitative estimate of drug-likeness (QED) is 0.640. The van der Waals surface area contributed by atoms with Gasteiger partial charge in [-0.05, 0) is 25.5 Å². The maximum atomic E-state index is 5.80. The summed E-state index contributed by atoms with van der Waals surface area (Å²) in [5.74, 6) is 0.773. The molecule has 2 N–H and O–H groups in total. The van der Waals surface area contributed by atoms with E-state index in [9.17, 15) is 0 Å². The van der Waals surface area contributed by atoms with E-state index < -0.39 is 0 Å². The van der Waals surface area contributed by atoms with Crippen molar-refractivity contribution in [3.63, 3.8) is 0 Å². The monoisotopic (exact) mass is 294 g/mol.